The molecule has 0 saturated heterocycles. The number of hydrogen-bond acceptors (Lipinski definition) is 2. The lowest BCUT2D eigenvalue weighted by molar-refractivity contribution is -0.137. The monoisotopic (exact) mass is 352 g/mol. The Morgan fingerprint density at radius 1 is 1.45 bits per heavy atom. The van der Waals surface area contributed by atoms with Crippen molar-refractivity contribution in [1.82, 2.24) is 10.3 Å². The Kier molecular flexibility index (Phi) is 6.45. The van der Waals surface area contributed by atoms with E-state index in [-0.39, 0.29) is 5.69 Å². The molecular formula is C13H16BrF3N2O. The standard InChI is InChI=1S/C13H16BrF3N2O/c1-9(7-14)3-2-6-18-12(20)11-5-4-10(8-19-11)13(15,16)17/h4-5,8-9H,2-3,6-7H2,1H3,(H,18,20). The van der Waals surface area contributed by atoms with Crippen molar-refractivity contribution in [3.05, 3.63) is 29.6 Å². The third-order valence-electron chi connectivity index (χ3n) is 2.75. The zero-order chi connectivity index (χ0) is 15.2. The number of nitrogens with one attached hydrogen (secondary N) is 1. The second-order valence-corrected chi connectivity index (χ2v) is 5.23. The van der Waals surface area contributed by atoms with Gasteiger partial charge in [-0.1, -0.05) is 22.9 Å². The van der Waals surface area contributed by atoms with Crippen LogP contribution in [-0.4, -0.2) is 22.8 Å². The molecule has 1 N–H and O–H groups in total. The first-order valence-electron chi connectivity index (χ1n) is 6.22. The molecule has 1 atom stereocenters. The topological polar surface area (TPSA) is 42.0 Å². The molecule has 3 nitrogen and oxygen atoms in total. The Morgan fingerprint density at radius 2 is 2.15 bits per heavy atom. The molecule has 0 aliphatic heterocycles. The summed E-state index contributed by atoms with van der Waals surface area (Å²) in [5, 5.41) is 3.54. The number of pyridine rings is 1. The van der Waals surface area contributed by atoms with Gasteiger partial charge >= 0.3 is 6.18 Å². The highest BCUT2D eigenvalue weighted by atomic mass is 79.9. The summed E-state index contributed by atoms with van der Waals surface area (Å²) in [7, 11) is 0. The van der Waals surface area contributed by atoms with Gasteiger partial charge in [0.25, 0.3) is 5.91 Å². The molecule has 0 spiro atoms. The third kappa shape index (κ3) is 5.48. The average molecular weight is 353 g/mol. The quantitative estimate of drug-likeness (QED) is 0.627. The molecule has 1 aromatic heterocycles. The highest BCUT2D eigenvalue weighted by molar-refractivity contribution is 9.09. The zero-order valence-corrected chi connectivity index (χ0v) is 12.6. The number of aromatic nitrogens is 1. The van der Waals surface area contributed by atoms with Gasteiger partial charge in [0, 0.05) is 18.1 Å². The molecule has 112 valence electrons. The Morgan fingerprint density at radius 3 is 2.65 bits per heavy atom. The summed E-state index contributed by atoms with van der Waals surface area (Å²) in [6.45, 7) is 2.58. The predicted molar refractivity (Wildman–Crippen MR) is 73.8 cm³/mol. The van der Waals surface area contributed by atoms with E-state index in [1.165, 1.54) is 0 Å². The second-order valence-electron chi connectivity index (χ2n) is 4.59. The number of carbonyl (C=O) groups is 1. The maximum Gasteiger partial charge on any atom is 0.417 e. The second kappa shape index (κ2) is 7.61. The fraction of sp³-hybridized carbons (Fsp3) is 0.538. The molecule has 0 aliphatic rings. The molecule has 7 heteroatoms. The Bertz CT molecular complexity index is 434. The van der Waals surface area contributed by atoms with Crippen LogP contribution in [0.3, 0.4) is 0 Å². The van der Waals surface area contributed by atoms with Gasteiger partial charge in [-0.05, 0) is 30.9 Å². The SMILES string of the molecule is CC(CBr)CCCNC(=O)c1ccc(C(F)(F)F)cn1. The van der Waals surface area contributed by atoms with Crippen molar-refractivity contribution in [2.24, 2.45) is 5.92 Å². The average Bonchev–Trinajstić information content (AvgIpc) is 2.42. The highest BCUT2D eigenvalue weighted by Crippen LogP contribution is 2.28. The summed E-state index contributed by atoms with van der Waals surface area (Å²) in [4.78, 5) is 15.2. The van der Waals surface area contributed by atoms with Gasteiger partial charge < -0.3 is 5.32 Å². The van der Waals surface area contributed by atoms with Gasteiger partial charge in [-0.3, -0.25) is 9.78 Å². The van der Waals surface area contributed by atoms with E-state index in [0.717, 1.165) is 30.3 Å². The first kappa shape index (κ1) is 16.9. The number of rotatable bonds is 6. The van der Waals surface area contributed by atoms with E-state index < -0.39 is 17.6 Å². The zero-order valence-electron chi connectivity index (χ0n) is 11.0. The number of halogens is 4. The van der Waals surface area contributed by atoms with Crippen LogP contribution >= 0.6 is 15.9 Å². The summed E-state index contributed by atoms with van der Waals surface area (Å²) >= 11 is 3.37. The lowest BCUT2D eigenvalue weighted by Crippen LogP contribution is -2.25. The van der Waals surface area contributed by atoms with Crippen LogP contribution in [0.2, 0.25) is 0 Å². The molecule has 0 aliphatic carbocycles. The molecule has 0 saturated carbocycles. The van der Waals surface area contributed by atoms with Crippen molar-refractivity contribution in [2.45, 2.75) is 25.9 Å². The van der Waals surface area contributed by atoms with E-state index in [2.05, 4.69) is 33.2 Å². The fourth-order valence-corrected chi connectivity index (χ4v) is 1.84. The minimum atomic E-state index is -4.44. The maximum atomic E-state index is 12.3. The van der Waals surface area contributed by atoms with E-state index in [1.54, 1.807) is 0 Å². The van der Waals surface area contributed by atoms with Crippen molar-refractivity contribution in [3.8, 4) is 0 Å². The van der Waals surface area contributed by atoms with Crippen LogP contribution in [0.25, 0.3) is 0 Å². The molecule has 0 bridgehead atoms. The summed E-state index contributed by atoms with van der Waals surface area (Å²) < 4.78 is 37.0. The molecular weight excluding hydrogens is 337 g/mol. The number of carbonyl (C=O) groups excluding carboxylic acids is 1. The van der Waals surface area contributed by atoms with Crippen LogP contribution in [0, 0.1) is 5.92 Å². The highest BCUT2D eigenvalue weighted by Gasteiger charge is 2.30. The molecule has 1 unspecified atom stereocenters. The van der Waals surface area contributed by atoms with Gasteiger partial charge in [0.1, 0.15) is 5.69 Å². The van der Waals surface area contributed by atoms with E-state index in [9.17, 15) is 18.0 Å². The summed E-state index contributed by atoms with van der Waals surface area (Å²) in [5.74, 6) is 0.0707. The van der Waals surface area contributed by atoms with Crippen LogP contribution in [0.4, 0.5) is 13.2 Å². The van der Waals surface area contributed by atoms with Crippen LogP contribution in [0.15, 0.2) is 18.3 Å². The van der Waals surface area contributed by atoms with E-state index >= 15 is 0 Å². The van der Waals surface area contributed by atoms with Crippen LogP contribution in [0.1, 0.15) is 35.8 Å². The van der Waals surface area contributed by atoms with Crippen LogP contribution < -0.4 is 5.32 Å². The molecule has 1 aromatic rings. The maximum absolute atomic E-state index is 12.3. The van der Waals surface area contributed by atoms with Gasteiger partial charge in [0.15, 0.2) is 0 Å². The number of alkyl halides is 4. The van der Waals surface area contributed by atoms with Crippen molar-refractivity contribution in [3.63, 3.8) is 0 Å². The molecule has 1 rings (SSSR count). The number of nitrogens with zero attached hydrogens (tertiary/aromatic N) is 1. The fourth-order valence-electron chi connectivity index (χ4n) is 1.52. The molecule has 20 heavy (non-hydrogen) atoms. The van der Waals surface area contributed by atoms with Crippen LogP contribution in [-0.2, 0) is 6.18 Å². The molecule has 1 heterocycles. The largest absolute Gasteiger partial charge is 0.417 e. The van der Waals surface area contributed by atoms with E-state index in [1.807, 2.05) is 0 Å². The lowest BCUT2D eigenvalue weighted by Gasteiger charge is -2.09. The third-order valence-corrected chi connectivity index (χ3v) is 3.85. The summed E-state index contributed by atoms with van der Waals surface area (Å²) in [6, 6.07) is 1.94. The van der Waals surface area contributed by atoms with Crippen molar-refractivity contribution in [2.75, 3.05) is 11.9 Å². The lowest BCUT2D eigenvalue weighted by atomic mass is 10.1. The summed E-state index contributed by atoms with van der Waals surface area (Å²) in [5.41, 5.74) is -0.869. The van der Waals surface area contributed by atoms with Gasteiger partial charge in [-0.25, -0.2) is 0 Å². The van der Waals surface area contributed by atoms with E-state index in [4.69, 9.17) is 0 Å². The first-order valence-corrected chi connectivity index (χ1v) is 7.34. The number of hydrogen-bond donors (Lipinski definition) is 1. The minimum Gasteiger partial charge on any atom is -0.351 e. The van der Waals surface area contributed by atoms with Gasteiger partial charge in [0.2, 0.25) is 0 Å². The normalized spacial score (nSPS) is 13.1. The smallest absolute Gasteiger partial charge is 0.351 e. The summed E-state index contributed by atoms with van der Waals surface area (Å²) in [6.07, 6.45) is -1.99. The Labute approximate surface area is 124 Å². The van der Waals surface area contributed by atoms with Crippen molar-refractivity contribution < 1.29 is 18.0 Å². The molecule has 1 amide bonds. The molecule has 0 fully saturated rings. The molecule has 0 radical (unpaired) electrons. The van der Waals surface area contributed by atoms with Gasteiger partial charge in [-0.2, -0.15) is 13.2 Å². The Balaban J connectivity index is 2.44. The first-order chi connectivity index (χ1) is 9.34. The minimum absolute atomic E-state index is 0.00783. The molecule has 0 aromatic carbocycles. The Hall–Kier alpha value is -1.11. The van der Waals surface area contributed by atoms with Crippen LogP contribution in [0.5, 0.6) is 0 Å². The van der Waals surface area contributed by atoms with Gasteiger partial charge in [0.05, 0.1) is 5.56 Å². The van der Waals surface area contributed by atoms with E-state index in [0.29, 0.717) is 18.7 Å². The van der Waals surface area contributed by atoms with Crippen molar-refractivity contribution >= 4 is 21.8 Å². The van der Waals surface area contributed by atoms with Gasteiger partial charge in [-0.15, -0.1) is 0 Å². The predicted octanol–water partition coefficient (Wildman–Crippen LogP) is 3.64. The van der Waals surface area contributed by atoms with Crippen molar-refractivity contribution in [1.29, 1.82) is 0 Å². The number of amides is 1.